The maximum absolute atomic E-state index is 3.85. The molecule has 0 aromatic heterocycles. The van der Waals surface area contributed by atoms with Crippen LogP contribution in [0.5, 0.6) is 0 Å². The first-order valence-electron chi connectivity index (χ1n) is 6.10. The topological polar surface area (TPSA) is 15.3 Å². The molecule has 1 saturated heterocycles. The lowest BCUT2D eigenvalue weighted by Gasteiger charge is -2.47. The van der Waals surface area contributed by atoms with Crippen molar-refractivity contribution in [3.63, 3.8) is 0 Å². The Hall–Kier alpha value is -0.340. The van der Waals surface area contributed by atoms with E-state index in [0.717, 1.165) is 25.6 Å². The number of hydrogen-bond acceptors (Lipinski definition) is 2. The van der Waals surface area contributed by atoms with Crippen LogP contribution in [0, 0.1) is 5.92 Å². The largest absolute Gasteiger partial charge is 0.311 e. The van der Waals surface area contributed by atoms with Gasteiger partial charge >= 0.3 is 0 Å². The summed E-state index contributed by atoms with van der Waals surface area (Å²) in [7, 11) is 0. The van der Waals surface area contributed by atoms with E-state index in [-0.39, 0.29) is 5.54 Å². The van der Waals surface area contributed by atoms with Crippen molar-refractivity contribution in [1.82, 2.24) is 10.2 Å². The average molecular weight is 210 g/mol. The maximum atomic E-state index is 3.85. The van der Waals surface area contributed by atoms with Gasteiger partial charge in [0.15, 0.2) is 0 Å². The highest BCUT2D eigenvalue weighted by Crippen LogP contribution is 2.22. The van der Waals surface area contributed by atoms with E-state index in [9.17, 15) is 0 Å². The second kappa shape index (κ2) is 5.13. The molecule has 1 aliphatic heterocycles. The fourth-order valence-corrected chi connectivity index (χ4v) is 2.18. The summed E-state index contributed by atoms with van der Waals surface area (Å²) in [6, 6.07) is 0.642. The second-order valence-electron chi connectivity index (χ2n) is 5.38. The zero-order chi connectivity index (χ0) is 11.5. The highest BCUT2D eigenvalue weighted by Gasteiger charge is 2.34. The lowest BCUT2D eigenvalue weighted by Crippen LogP contribution is -2.63. The third-order valence-corrected chi connectivity index (χ3v) is 3.75. The zero-order valence-corrected chi connectivity index (χ0v) is 10.7. The Labute approximate surface area is 94.7 Å². The van der Waals surface area contributed by atoms with Crippen LogP contribution in [0.2, 0.25) is 0 Å². The van der Waals surface area contributed by atoms with Gasteiger partial charge in [-0.15, -0.1) is 6.58 Å². The summed E-state index contributed by atoms with van der Waals surface area (Å²) in [5.41, 5.74) is 0.262. The van der Waals surface area contributed by atoms with Crippen LogP contribution in [0.4, 0.5) is 0 Å². The van der Waals surface area contributed by atoms with Crippen LogP contribution in [-0.2, 0) is 0 Å². The van der Waals surface area contributed by atoms with Crippen LogP contribution in [0.15, 0.2) is 12.7 Å². The predicted octanol–water partition coefficient (Wildman–Crippen LogP) is 2.27. The van der Waals surface area contributed by atoms with Crippen molar-refractivity contribution in [2.24, 2.45) is 5.92 Å². The molecular weight excluding hydrogens is 184 g/mol. The van der Waals surface area contributed by atoms with Gasteiger partial charge in [0.05, 0.1) is 0 Å². The summed E-state index contributed by atoms with van der Waals surface area (Å²) in [5.74, 6) is 0.758. The van der Waals surface area contributed by atoms with Crippen molar-refractivity contribution in [1.29, 1.82) is 0 Å². The van der Waals surface area contributed by atoms with Gasteiger partial charge in [0.2, 0.25) is 0 Å². The quantitative estimate of drug-likeness (QED) is 0.716. The third kappa shape index (κ3) is 3.05. The van der Waals surface area contributed by atoms with E-state index in [4.69, 9.17) is 0 Å². The Morgan fingerprint density at radius 1 is 1.60 bits per heavy atom. The molecule has 2 nitrogen and oxygen atoms in total. The molecule has 0 aromatic carbocycles. The normalized spacial score (nSPS) is 28.7. The standard InChI is InChI=1S/C13H26N2/c1-6-8-15-9-12(11(3)7-2)14-10-13(15,4)5/h6,11-12,14H,1,7-10H2,2-5H3. The highest BCUT2D eigenvalue weighted by atomic mass is 15.3. The molecule has 0 spiro atoms. The average Bonchev–Trinajstić information content (AvgIpc) is 2.20. The number of rotatable bonds is 4. The van der Waals surface area contributed by atoms with Gasteiger partial charge in [0, 0.05) is 31.2 Å². The number of nitrogens with zero attached hydrogens (tertiary/aromatic N) is 1. The van der Waals surface area contributed by atoms with Gasteiger partial charge in [-0.3, -0.25) is 4.90 Å². The molecule has 1 N–H and O–H groups in total. The summed E-state index contributed by atoms with van der Waals surface area (Å²) in [4.78, 5) is 2.54. The summed E-state index contributed by atoms with van der Waals surface area (Å²) in [6.45, 7) is 16.3. The van der Waals surface area contributed by atoms with E-state index >= 15 is 0 Å². The highest BCUT2D eigenvalue weighted by molar-refractivity contribution is 4.96. The van der Waals surface area contributed by atoms with Crippen molar-refractivity contribution in [2.75, 3.05) is 19.6 Å². The Kier molecular flexibility index (Phi) is 4.35. The molecule has 88 valence electrons. The molecule has 0 bridgehead atoms. The van der Waals surface area contributed by atoms with Crippen LogP contribution >= 0.6 is 0 Å². The minimum atomic E-state index is 0.262. The minimum Gasteiger partial charge on any atom is -0.311 e. The fraction of sp³-hybridized carbons (Fsp3) is 0.846. The Morgan fingerprint density at radius 3 is 2.80 bits per heavy atom. The summed E-state index contributed by atoms with van der Waals surface area (Å²) < 4.78 is 0. The van der Waals surface area contributed by atoms with Gasteiger partial charge in [-0.05, 0) is 19.8 Å². The molecule has 2 unspecified atom stereocenters. The van der Waals surface area contributed by atoms with Crippen molar-refractivity contribution in [3.8, 4) is 0 Å². The molecule has 1 fully saturated rings. The molecular formula is C13H26N2. The Balaban J connectivity index is 2.61. The number of nitrogens with one attached hydrogen (secondary N) is 1. The molecule has 0 radical (unpaired) electrons. The van der Waals surface area contributed by atoms with Crippen LogP contribution < -0.4 is 5.32 Å². The third-order valence-electron chi connectivity index (χ3n) is 3.75. The molecule has 0 amide bonds. The first kappa shape index (κ1) is 12.7. The second-order valence-corrected chi connectivity index (χ2v) is 5.38. The van der Waals surface area contributed by atoms with E-state index in [1.54, 1.807) is 0 Å². The monoisotopic (exact) mass is 210 g/mol. The van der Waals surface area contributed by atoms with E-state index < -0.39 is 0 Å². The Bertz CT molecular complexity index is 211. The van der Waals surface area contributed by atoms with Gasteiger partial charge in [-0.2, -0.15) is 0 Å². The molecule has 1 rings (SSSR count). The van der Waals surface area contributed by atoms with E-state index in [1.165, 1.54) is 6.42 Å². The van der Waals surface area contributed by atoms with Crippen LogP contribution in [0.3, 0.4) is 0 Å². The maximum Gasteiger partial charge on any atom is 0.0281 e. The first-order valence-corrected chi connectivity index (χ1v) is 6.10. The van der Waals surface area contributed by atoms with Gasteiger partial charge in [-0.25, -0.2) is 0 Å². The molecule has 15 heavy (non-hydrogen) atoms. The molecule has 1 aliphatic rings. The molecule has 0 aliphatic carbocycles. The van der Waals surface area contributed by atoms with Crippen molar-refractivity contribution in [2.45, 2.75) is 45.7 Å². The lowest BCUT2D eigenvalue weighted by atomic mass is 9.91. The molecule has 1 heterocycles. The zero-order valence-electron chi connectivity index (χ0n) is 10.7. The molecule has 2 heteroatoms. The fourth-order valence-electron chi connectivity index (χ4n) is 2.18. The Morgan fingerprint density at radius 2 is 2.27 bits per heavy atom. The van der Waals surface area contributed by atoms with Crippen molar-refractivity contribution >= 4 is 0 Å². The van der Waals surface area contributed by atoms with Crippen LogP contribution in [0.25, 0.3) is 0 Å². The van der Waals surface area contributed by atoms with Crippen LogP contribution in [0.1, 0.15) is 34.1 Å². The first-order chi connectivity index (χ1) is 7.01. The smallest absolute Gasteiger partial charge is 0.0281 e. The van der Waals surface area contributed by atoms with Gasteiger partial charge in [0.25, 0.3) is 0 Å². The van der Waals surface area contributed by atoms with Gasteiger partial charge in [0.1, 0.15) is 0 Å². The SMILES string of the molecule is C=CCN1CC(C(C)CC)NCC1(C)C. The molecule has 0 saturated carbocycles. The summed E-state index contributed by atoms with van der Waals surface area (Å²) in [5, 5.41) is 3.67. The summed E-state index contributed by atoms with van der Waals surface area (Å²) >= 11 is 0. The lowest BCUT2D eigenvalue weighted by molar-refractivity contribution is 0.0632. The summed E-state index contributed by atoms with van der Waals surface area (Å²) in [6.07, 6.45) is 3.26. The van der Waals surface area contributed by atoms with Gasteiger partial charge in [-0.1, -0.05) is 26.3 Å². The van der Waals surface area contributed by atoms with Crippen molar-refractivity contribution < 1.29 is 0 Å². The number of piperazine rings is 1. The molecule has 0 aromatic rings. The van der Waals surface area contributed by atoms with Crippen molar-refractivity contribution in [3.05, 3.63) is 12.7 Å². The van der Waals surface area contributed by atoms with E-state index in [2.05, 4.69) is 44.5 Å². The molecule has 2 atom stereocenters. The number of hydrogen-bond donors (Lipinski definition) is 1. The minimum absolute atomic E-state index is 0.262. The van der Waals surface area contributed by atoms with Crippen LogP contribution in [-0.4, -0.2) is 36.1 Å². The van der Waals surface area contributed by atoms with E-state index in [0.29, 0.717) is 6.04 Å². The van der Waals surface area contributed by atoms with E-state index in [1.807, 2.05) is 6.08 Å². The van der Waals surface area contributed by atoms with Gasteiger partial charge < -0.3 is 5.32 Å². The predicted molar refractivity (Wildman–Crippen MR) is 67.1 cm³/mol.